The number of benzene rings is 1. The molecule has 19 heavy (non-hydrogen) atoms. The molecule has 0 heterocycles. The fourth-order valence-corrected chi connectivity index (χ4v) is 2.86. The van der Waals surface area contributed by atoms with E-state index in [9.17, 15) is 4.79 Å². The predicted molar refractivity (Wildman–Crippen MR) is 84.5 cm³/mol. The molecule has 0 saturated heterocycles. The van der Waals surface area contributed by atoms with E-state index >= 15 is 0 Å². The number of hydrogen-bond acceptors (Lipinski definition) is 1. The topological polar surface area (TPSA) is 29.1 Å². The molecule has 1 rings (SSSR count). The molecule has 0 bridgehead atoms. The Morgan fingerprint density at radius 1 is 1.21 bits per heavy atom. The zero-order valence-electron chi connectivity index (χ0n) is 12.7. The SMILES string of the molecule is Cc1ccc(C(=O)NC(C)(C)CC(C)(C)C)cc1Br. The van der Waals surface area contributed by atoms with Crippen LogP contribution in [-0.4, -0.2) is 11.4 Å². The van der Waals surface area contributed by atoms with E-state index in [1.807, 2.05) is 25.1 Å². The van der Waals surface area contributed by atoms with Crippen LogP contribution in [0.25, 0.3) is 0 Å². The zero-order chi connectivity index (χ0) is 14.8. The van der Waals surface area contributed by atoms with Gasteiger partial charge in [0, 0.05) is 15.6 Å². The maximum Gasteiger partial charge on any atom is 0.251 e. The van der Waals surface area contributed by atoms with Crippen LogP contribution in [0.4, 0.5) is 0 Å². The lowest BCUT2D eigenvalue weighted by Crippen LogP contribution is -2.45. The largest absolute Gasteiger partial charge is 0.347 e. The number of aryl methyl sites for hydroxylation is 1. The Morgan fingerprint density at radius 2 is 1.79 bits per heavy atom. The van der Waals surface area contributed by atoms with Gasteiger partial charge >= 0.3 is 0 Å². The van der Waals surface area contributed by atoms with Crippen LogP contribution in [-0.2, 0) is 0 Å². The van der Waals surface area contributed by atoms with Crippen molar-refractivity contribution < 1.29 is 4.79 Å². The summed E-state index contributed by atoms with van der Waals surface area (Å²) in [6.07, 6.45) is 0.929. The third-order valence-electron chi connectivity index (χ3n) is 2.86. The van der Waals surface area contributed by atoms with Crippen molar-refractivity contribution in [2.75, 3.05) is 0 Å². The molecule has 0 radical (unpaired) electrons. The summed E-state index contributed by atoms with van der Waals surface area (Å²) in [5.41, 5.74) is 1.79. The first-order valence-corrected chi connectivity index (χ1v) is 7.38. The van der Waals surface area contributed by atoms with Crippen LogP contribution in [0.3, 0.4) is 0 Å². The Balaban J connectivity index is 2.81. The minimum absolute atomic E-state index is 0.0186. The highest BCUT2D eigenvalue weighted by atomic mass is 79.9. The van der Waals surface area contributed by atoms with E-state index in [4.69, 9.17) is 0 Å². The van der Waals surface area contributed by atoms with Crippen LogP contribution < -0.4 is 5.32 Å². The van der Waals surface area contributed by atoms with E-state index < -0.39 is 0 Å². The number of halogens is 1. The summed E-state index contributed by atoms with van der Waals surface area (Å²) >= 11 is 3.46. The standard InChI is InChI=1S/C16H24BrNO/c1-11-7-8-12(9-13(11)17)14(19)18-16(5,6)10-15(2,3)4/h7-9H,10H2,1-6H3,(H,18,19). The molecule has 0 unspecified atom stereocenters. The summed E-state index contributed by atoms with van der Waals surface area (Å²) in [6, 6.07) is 5.69. The fraction of sp³-hybridized carbons (Fsp3) is 0.562. The quantitative estimate of drug-likeness (QED) is 0.857. The lowest BCUT2D eigenvalue weighted by molar-refractivity contribution is 0.0891. The van der Waals surface area contributed by atoms with Gasteiger partial charge in [-0.25, -0.2) is 0 Å². The molecule has 1 amide bonds. The Labute approximate surface area is 125 Å². The molecule has 0 atom stereocenters. The van der Waals surface area contributed by atoms with Gasteiger partial charge in [0.25, 0.3) is 5.91 Å². The number of amides is 1. The van der Waals surface area contributed by atoms with Gasteiger partial charge in [0.1, 0.15) is 0 Å². The Morgan fingerprint density at radius 3 is 2.26 bits per heavy atom. The van der Waals surface area contributed by atoms with Gasteiger partial charge in [-0.15, -0.1) is 0 Å². The molecular formula is C16H24BrNO. The van der Waals surface area contributed by atoms with E-state index in [1.54, 1.807) is 0 Å². The van der Waals surface area contributed by atoms with Crippen LogP contribution in [0.5, 0.6) is 0 Å². The first kappa shape index (κ1) is 16.2. The van der Waals surface area contributed by atoms with E-state index in [0.29, 0.717) is 5.56 Å². The summed E-state index contributed by atoms with van der Waals surface area (Å²) in [6.45, 7) is 12.7. The van der Waals surface area contributed by atoms with Gasteiger partial charge in [-0.3, -0.25) is 4.79 Å². The van der Waals surface area contributed by atoms with Crippen LogP contribution >= 0.6 is 15.9 Å². The number of carbonyl (C=O) groups is 1. The molecule has 106 valence electrons. The number of carbonyl (C=O) groups excluding carboxylic acids is 1. The first-order valence-electron chi connectivity index (χ1n) is 6.59. The minimum atomic E-state index is -0.216. The van der Waals surface area contributed by atoms with E-state index in [-0.39, 0.29) is 16.9 Å². The van der Waals surface area contributed by atoms with Crippen LogP contribution in [0.2, 0.25) is 0 Å². The van der Waals surface area contributed by atoms with E-state index in [1.165, 1.54) is 0 Å². The molecule has 2 nitrogen and oxygen atoms in total. The Bertz CT molecular complexity index is 472. The molecule has 0 saturated carbocycles. The van der Waals surface area contributed by atoms with Gasteiger partial charge in [-0.05, 0) is 50.3 Å². The van der Waals surface area contributed by atoms with Crippen LogP contribution in [0.15, 0.2) is 22.7 Å². The maximum atomic E-state index is 12.3. The van der Waals surface area contributed by atoms with Gasteiger partial charge in [-0.1, -0.05) is 42.8 Å². The van der Waals surface area contributed by atoms with Crippen molar-refractivity contribution >= 4 is 21.8 Å². The smallest absolute Gasteiger partial charge is 0.251 e. The summed E-state index contributed by atoms with van der Waals surface area (Å²) in [5.74, 6) is -0.0186. The molecule has 0 aliphatic heterocycles. The highest BCUT2D eigenvalue weighted by Crippen LogP contribution is 2.27. The molecule has 3 heteroatoms. The second kappa shape index (κ2) is 5.66. The average molecular weight is 326 g/mol. The normalized spacial score (nSPS) is 12.4. The molecule has 1 aromatic rings. The molecule has 0 spiro atoms. The Kier molecular flexibility index (Phi) is 4.83. The van der Waals surface area contributed by atoms with E-state index in [2.05, 4.69) is 55.9 Å². The molecule has 0 aliphatic rings. The third-order valence-corrected chi connectivity index (χ3v) is 3.71. The van der Waals surface area contributed by atoms with Crippen LogP contribution in [0, 0.1) is 12.3 Å². The van der Waals surface area contributed by atoms with Crippen molar-refractivity contribution in [1.82, 2.24) is 5.32 Å². The van der Waals surface area contributed by atoms with Crippen molar-refractivity contribution in [1.29, 1.82) is 0 Å². The van der Waals surface area contributed by atoms with Crippen molar-refractivity contribution in [3.05, 3.63) is 33.8 Å². The highest BCUT2D eigenvalue weighted by molar-refractivity contribution is 9.10. The second-order valence-corrected chi connectivity index (χ2v) is 7.89. The van der Waals surface area contributed by atoms with Crippen molar-refractivity contribution in [2.24, 2.45) is 5.41 Å². The van der Waals surface area contributed by atoms with Gasteiger partial charge in [0.2, 0.25) is 0 Å². The summed E-state index contributed by atoms with van der Waals surface area (Å²) in [7, 11) is 0. The van der Waals surface area contributed by atoms with Crippen molar-refractivity contribution in [3.8, 4) is 0 Å². The number of rotatable bonds is 3. The van der Waals surface area contributed by atoms with Crippen molar-refractivity contribution in [2.45, 2.75) is 53.5 Å². The monoisotopic (exact) mass is 325 g/mol. The number of nitrogens with one attached hydrogen (secondary N) is 1. The fourth-order valence-electron chi connectivity index (χ4n) is 2.48. The van der Waals surface area contributed by atoms with Gasteiger partial charge in [0.05, 0.1) is 0 Å². The van der Waals surface area contributed by atoms with Gasteiger partial charge < -0.3 is 5.32 Å². The Hall–Kier alpha value is -0.830. The predicted octanol–water partition coefficient (Wildman–Crippen LogP) is 4.70. The van der Waals surface area contributed by atoms with Crippen LogP contribution in [0.1, 0.15) is 57.0 Å². The number of hydrogen-bond donors (Lipinski definition) is 1. The highest BCUT2D eigenvalue weighted by Gasteiger charge is 2.27. The minimum Gasteiger partial charge on any atom is -0.347 e. The third kappa shape index (κ3) is 5.35. The molecule has 1 aromatic carbocycles. The second-order valence-electron chi connectivity index (χ2n) is 7.04. The molecule has 0 fully saturated rings. The lowest BCUT2D eigenvalue weighted by atomic mass is 9.81. The first-order chi connectivity index (χ1) is 8.50. The van der Waals surface area contributed by atoms with Gasteiger partial charge in [0.15, 0.2) is 0 Å². The summed E-state index contributed by atoms with van der Waals surface area (Å²) in [5, 5.41) is 3.12. The molecule has 1 N–H and O–H groups in total. The van der Waals surface area contributed by atoms with E-state index in [0.717, 1.165) is 16.5 Å². The molecule has 0 aromatic heterocycles. The molecule has 0 aliphatic carbocycles. The summed E-state index contributed by atoms with van der Waals surface area (Å²) < 4.78 is 0.966. The zero-order valence-corrected chi connectivity index (χ0v) is 14.3. The summed E-state index contributed by atoms with van der Waals surface area (Å²) in [4.78, 5) is 12.3. The lowest BCUT2D eigenvalue weighted by Gasteiger charge is -2.33. The maximum absolute atomic E-state index is 12.3. The molecular weight excluding hydrogens is 302 g/mol. The average Bonchev–Trinajstić information content (AvgIpc) is 2.17. The van der Waals surface area contributed by atoms with Crippen molar-refractivity contribution in [3.63, 3.8) is 0 Å². The van der Waals surface area contributed by atoms with Gasteiger partial charge in [-0.2, -0.15) is 0 Å².